The van der Waals surface area contributed by atoms with E-state index in [1.807, 2.05) is 27.0 Å². The predicted molar refractivity (Wildman–Crippen MR) is 105 cm³/mol. The quantitative estimate of drug-likeness (QED) is 0.867. The van der Waals surface area contributed by atoms with Gasteiger partial charge in [-0.25, -0.2) is 4.79 Å². The van der Waals surface area contributed by atoms with Crippen molar-refractivity contribution in [2.75, 3.05) is 31.6 Å². The Hall–Kier alpha value is -2.50. The zero-order chi connectivity index (χ0) is 18.5. The average Bonchev–Trinajstić information content (AvgIpc) is 2.99. The maximum atomic E-state index is 12.5. The van der Waals surface area contributed by atoms with Crippen LogP contribution in [0, 0.1) is 13.8 Å². The molecule has 2 heterocycles. The van der Waals surface area contributed by atoms with Gasteiger partial charge >= 0.3 is 6.03 Å². The van der Waals surface area contributed by atoms with Crippen LogP contribution in [-0.2, 0) is 6.42 Å². The number of carbonyl (C=O) groups excluding carboxylic acids is 1. The molecule has 0 unspecified atom stereocenters. The van der Waals surface area contributed by atoms with Gasteiger partial charge in [-0.05, 0) is 50.8 Å². The van der Waals surface area contributed by atoms with E-state index in [9.17, 15) is 4.79 Å². The van der Waals surface area contributed by atoms with Gasteiger partial charge in [0.25, 0.3) is 0 Å². The standard InChI is InChI=1S/C20H29N5O/c1-15-19(16(2)23-22-15)11-12-24(3)20(26)21-17-9-13-25(14-10-17)18-7-5-4-6-8-18/h4-8,17H,9-14H2,1-3H3,(H,21,26)(H,22,23). The minimum Gasteiger partial charge on any atom is -0.371 e. The summed E-state index contributed by atoms with van der Waals surface area (Å²) in [5.41, 5.74) is 4.58. The second-order valence-corrected chi connectivity index (χ2v) is 7.13. The molecule has 140 valence electrons. The van der Waals surface area contributed by atoms with E-state index in [4.69, 9.17) is 0 Å². The van der Waals surface area contributed by atoms with Gasteiger partial charge in [0.1, 0.15) is 0 Å². The van der Waals surface area contributed by atoms with E-state index in [0.29, 0.717) is 6.54 Å². The SMILES string of the molecule is Cc1n[nH]c(C)c1CCN(C)C(=O)NC1CCN(c2ccccc2)CC1. The lowest BCUT2D eigenvalue weighted by molar-refractivity contribution is 0.202. The molecule has 2 aromatic rings. The molecule has 1 aliphatic rings. The topological polar surface area (TPSA) is 64.3 Å². The number of likely N-dealkylation sites (N-methyl/N-ethyl adjacent to an activating group) is 1. The van der Waals surface area contributed by atoms with Crippen molar-refractivity contribution in [2.24, 2.45) is 0 Å². The fourth-order valence-electron chi connectivity index (χ4n) is 3.53. The number of nitrogens with zero attached hydrogens (tertiary/aromatic N) is 3. The average molecular weight is 355 g/mol. The Morgan fingerprint density at radius 3 is 2.58 bits per heavy atom. The van der Waals surface area contributed by atoms with Gasteiger partial charge in [0.05, 0.1) is 5.69 Å². The van der Waals surface area contributed by atoms with Crippen molar-refractivity contribution in [3.8, 4) is 0 Å². The first-order valence-electron chi connectivity index (χ1n) is 9.36. The molecule has 1 aromatic carbocycles. The number of hydrogen-bond acceptors (Lipinski definition) is 3. The molecule has 0 atom stereocenters. The van der Waals surface area contributed by atoms with Crippen molar-refractivity contribution in [1.82, 2.24) is 20.4 Å². The summed E-state index contributed by atoms with van der Waals surface area (Å²) < 4.78 is 0. The van der Waals surface area contributed by atoms with Crippen molar-refractivity contribution < 1.29 is 4.79 Å². The minimum atomic E-state index is 0.0157. The van der Waals surface area contributed by atoms with Crippen LogP contribution < -0.4 is 10.2 Å². The van der Waals surface area contributed by atoms with Crippen LogP contribution in [0.5, 0.6) is 0 Å². The van der Waals surface area contributed by atoms with Crippen LogP contribution >= 0.6 is 0 Å². The van der Waals surface area contributed by atoms with Gasteiger partial charge in [0.15, 0.2) is 0 Å². The summed E-state index contributed by atoms with van der Waals surface area (Å²) in [6, 6.07) is 10.7. The molecule has 1 fully saturated rings. The summed E-state index contributed by atoms with van der Waals surface area (Å²) >= 11 is 0. The summed E-state index contributed by atoms with van der Waals surface area (Å²) in [5.74, 6) is 0. The number of aromatic amines is 1. The van der Waals surface area contributed by atoms with Crippen LogP contribution in [-0.4, -0.2) is 53.9 Å². The normalized spacial score (nSPS) is 15.1. The highest BCUT2D eigenvalue weighted by Gasteiger charge is 2.22. The van der Waals surface area contributed by atoms with Gasteiger partial charge in [-0.2, -0.15) is 5.10 Å². The van der Waals surface area contributed by atoms with Crippen LogP contribution in [0.2, 0.25) is 0 Å². The molecule has 0 radical (unpaired) electrons. The molecule has 2 amide bonds. The lowest BCUT2D eigenvalue weighted by Gasteiger charge is -2.34. The first-order valence-corrected chi connectivity index (χ1v) is 9.36. The van der Waals surface area contributed by atoms with Gasteiger partial charge in [-0.1, -0.05) is 18.2 Å². The molecule has 6 nitrogen and oxygen atoms in total. The smallest absolute Gasteiger partial charge is 0.317 e. The third kappa shape index (κ3) is 4.36. The largest absolute Gasteiger partial charge is 0.371 e. The van der Waals surface area contributed by atoms with E-state index >= 15 is 0 Å². The molecule has 6 heteroatoms. The van der Waals surface area contributed by atoms with E-state index in [-0.39, 0.29) is 12.1 Å². The number of benzene rings is 1. The highest BCUT2D eigenvalue weighted by Crippen LogP contribution is 2.19. The zero-order valence-electron chi connectivity index (χ0n) is 16.0. The Morgan fingerprint density at radius 2 is 1.96 bits per heavy atom. The molecule has 0 spiro atoms. The molecule has 0 bridgehead atoms. The Labute approximate surface area is 155 Å². The second kappa shape index (κ2) is 8.25. The number of urea groups is 1. The number of nitrogens with one attached hydrogen (secondary N) is 2. The van der Waals surface area contributed by atoms with Crippen molar-refractivity contribution in [3.63, 3.8) is 0 Å². The fourth-order valence-corrected chi connectivity index (χ4v) is 3.53. The third-order valence-corrected chi connectivity index (χ3v) is 5.27. The molecule has 26 heavy (non-hydrogen) atoms. The van der Waals surface area contributed by atoms with Crippen molar-refractivity contribution in [3.05, 3.63) is 47.3 Å². The summed E-state index contributed by atoms with van der Waals surface area (Å²) in [7, 11) is 1.86. The molecule has 1 aromatic heterocycles. The number of anilines is 1. The number of H-pyrrole nitrogens is 1. The zero-order valence-corrected chi connectivity index (χ0v) is 16.0. The van der Waals surface area contributed by atoms with Gasteiger partial charge < -0.3 is 15.1 Å². The van der Waals surface area contributed by atoms with Gasteiger partial charge in [0, 0.05) is 44.1 Å². The van der Waals surface area contributed by atoms with Crippen LogP contribution in [0.3, 0.4) is 0 Å². The van der Waals surface area contributed by atoms with Crippen molar-refractivity contribution >= 4 is 11.7 Å². The van der Waals surface area contributed by atoms with Crippen molar-refractivity contribution in [2.45, 2.75) is 39.2 Å². The Bertz CT molecular complexity index is 700. The second-order valence-electron chi connectivity index (χ2n) is 7.13. The van der Waals surface area contributed by atoms with E-state index in [1.54, 1.807) is 4.90 Å². The summed E-state index contributed by atoms with van der Waals surface area (Å²) in [6.07, 6.45) is 2.79. The van der Waals surface area contributed by atoms with Crippen molar-refractivity contribution in [1.29, 1.82) is 0 Å². The monoisotopic (exact) mass is 355 g/mol. The van der Waals surface area contributed by atoms with E-state index in [1.165, 1.54) is 11.3 Å². The molecule has 0 saturated carbocycles. The van der Waals surface area contributed by atoms with Crippen LogP contribution in [0.1, 0.15) is 29.8 Å². The summed E-state index contributed by atoms with van der Waals surface area (Å²) in [4.78, 5) is 16.6. The number of rotatable bonds is 5. The Morgan fingerprint density at radius 1 is 1.27 bits per heavy atom. The molecule has 3 rings (SSSR count). The number of piperidine rings is 1. The molecular formula is C20H29N5O. The van der Waals surface area contributed by atoms with E-state index in [0.717, 1.165) is 43.7 Å². The number of hydrogen-bond donors (Lipinski definition) is 2. The van der Waals surface area contributed by atoms with Gasteiger partial charge in [-0.15, -0.1) is 0 Å². The Balaban J connectivity index is 1.43. The first-order chi connectivity index (χ1) is 12.5. The minimum absolute atomic E-state index is 0.0157. The predicted octanol–water partition coefficient (Wildman–Crippen LogP) is 2.88. The summed E-state index contributed by atoms with van der Waals surface area (Å²) in [6.45, 7) is 6.67. The van der Waals surface area contributed by atoms with Gasteiger partial charge in [0.2, 0.25) is 0 Å². The Kier molecular flexibility index (Phi) is 5.81. The number of amides is 2. The van der Waals surface area contributed by atoms with E-state index < -0.39 is 0 Å². The molecule has 1 aliphatic heterocycles. The lowest BCUT2D eigenvalue weighted by Crippen LogP contribution is -2.48. The molecular weight excluding hydrogens is 326 g/mol. The number of para-hydroxylation sites is 1. The third-order valence-electron chi connectivity index (χ3n) is 5.27. The van der Waals surface area contributed by atoms with Gasteiger partial charge in [-0.3, -0.25) is 5.10 Å². The number of carbonyl (C=O) groups is 1. The summed E-state index contributed by atoms with van der Waals surface area (Å²) in [5, 5.41) is 10.4. The fraction of sp³-hybridized carbons (Fsp3) is 0.500. The molecule has 0 aliphatic carbocycles. The van der Waals surface area contributed by atoms with Crippen LogP contribution in [0.25, 0.3) is 0 Å². The first kappa shape index (κ1) is 18.3. The van der Waals surface area contributed by atoms with Crippen LogP contribution in [0.4, 0.5) is 10.5 Å². The van der Waals surface area contributed by atoms with E-state index in [2.05, 4.69) is 44.7 Å². The van der Waals surface area contributed by atoms with Crippen LogP contribution in [0.15, 0.2) is 30.3 Å². The molecule has 1 saturated heterocycles. The number of aromatic nitrogens is 2. The lowest BCUT2D eigenvalue weighted by atomic mass is 10.0. The maximum absolute atomic E-state index is 12.5. The number of aryl methyl sites for hydroxylation is 2. The highest BCUT2D eigenvalue weighted by atomic mass is 16.2. The molecule has 2 N–H and O–H groups in total. The highest BCUT2D eigenvalue weighted by molar-refractivity contribution is 5.74. The maximum Gasteiger partial charge on any atom is 0.317 e.